The number of hydrogen-bond donors (Lipinski definition) is 1. The number of rotatable bonds is 4. The van der Waals surface area contributed by atoms with Gasteiger partial charge in [-0.1, -0.05) is 13.3 Å². The molecule has 4 atom stereocenters. The van der Waals surface area contributed by atoms with E-state index in [1.54, 1.807) is 12.1 Å². The molecule has 2 N–H and O–H groups in total. The topological polar surface area (TPSA) is 77.2 Å². The standard InChI is InChI=1S/C15H23NO3S2/c1-3-11-4-9-14(16)15(10-11)20(17)12-5-7-13(8-6-12)21(2,18)19/h5-8,11,14-15H,3-4,9-10,16H2,1-2H3. The first-order valence-corrected chi connectivity index (χ1v) is 10.4. The molecule has 1 fully saturated rings. The van der Waals surface area contributed by atoms with Crippen LogP contribution in [0.15, 0.2) is 34.1 Å². The molecular weight excluding hydrogens is 306 g/mol. The van der Waals surface area contributed by atoms with E-state index in [0.717, 1.165) is 25.7 Å². The van der Waals surface area contributed by atoms with E-state index in [9.17, 15) is 12.6 Å². The zero-order valence-corrected chi connectivity index (χ0v) is 14.1. The maximum Gasteiger partial charge on any atom is 0.175 e. The summed E-state index contributed by atoms with van der Waals surface area (Å²) in [5, 5.41) is -0.0345. The predicted octanol–water partition coefficient (Wildman–Crippen LogP) is 2.10. The van der Waals surface area contributed by atoms with Crippen LogP contribution in [-0.4, -0.2) is 30.2 Å². The van der Waals surface area contributed by atoms with Gasteiger partial charge >= 0.3 is 0 Å². The van der Waals surface area contributed by atoms with Gasteiger partial charge in [0.25, 0.3) is 0 Å². The van der Waals surface area contributed by atoms with E-state index in [-0.39, 0.29) is 16.2 Å². The van der Waals surface area contributed by atoms with Crippen LogP contribution in [0, 0.1) is 5.92 Å². The van der Waals surface area contributed by atoms with Crippen LogP contribution < -0.4 is 5.73 Å². The molecule has 118 valence electrons. The highest BCUT2D eigenvalue weighted by atomic mass is 32.2. The minimum atomic E-state index is -3.22. The lowest BCUT2D eigenvalue weighted by atomic mass is 9.84. The molecule has 1 aromatic carbocycles. The molecule has 0 bridgehead atoms. The van der Waals surface area contributed by atoms with E-state index in [0.29, 0.717) is 10.8 Å². The zero-order valence-electron chi connectivity index (χ0n) is 12.5. The molecule has 0 aromatic heterocycles. The Labute approximate surface area is 129 Å². The number of hydrogen-bond acceptors (Lipinski definition) is 4. The molecule has 2 rings (SSSR count). The van der Waals surface area contributed by atoms with Crippen molar-refractivity contribution in [2.45, 2.75) is 53.7 Å². The Hall–Kier alpha value is -0.720. The van der Waals surface area contributed by atoms with E-state index in [1.807, 2.05) is 0 Å². The van der Waals surface area contributed by atoms with Gasteiger partial charge < -0.3 is 5.73 Å². The van der Waals surface area contributed by atoms with E-state index in [2.05, 4.69) is 6.92 Å². The smallest absolute Gasteiger partial charge is 0.175 e. The molecule has 0 spiro atoms. The maximum absolute atomic E-state index is 12.7. The van der Waals surface area contributed by atoms with Gasteiger partial charge in [-0.25, -0.2) is 8.42 Å². The Balaban J connectivity index is 2.19. The van der Waals surface area contributed by atoms with Crippen molar-refractivity contribution in [3.8, 4) is 0 Å². The molecular formula is C15H23NO3S2. The zero-order chi connectivity index (χ0) is 15.6. The van der Waals surface area contributed by atoms with E-state index in [1.165, 1.54) is 18.4 Å². The minimum absolute atomic E-state index is 0.0345. The molecule has 4 unspecified atom stereocenters. The fourth-order valence-corrected chi connectivity index (χ4v) is 5.13. The summed E-state index contributed by atoms with van der Waals surface area (Å²) in [6.07, 6.45) is 5.17. The molecule has 1 aromatic rings. The van der Waals surface area contributed by atoms with Gasteiger partial charge in [0.1, 0.15) is 0 Å². The van der Waals surface area contributed by atoms with Gasteiger partial charge in [0, 0.05) is 17.2 Å². The summed E-state index contributed by atoms with van der Waals surface area (Å²) in [5.74, 6) is 0.592. The minimum Gasteiger partial charge on any atom is -0.327 e. The summed E-state index contributed by atoms with van der Waals surface area (Å²) >= 11 is 0. The van der Waals surface area contributed by atoms with E-state index in [4.69, 9.17) is 5.73 Å². The Bertz CT molecular complexity index is 610. The fraction of sp³-hybridized carbons (Fsp3) is 0.600. The van der Waals surface area contributed by atoms with Crippen LogP contribution in [0.3, 0.4) is 0 Å². The Morgan fingerprint density at radius 1 is 1.24 bits per heavy atom. The van der Waals surface area contributed by atoms with Crippen LogP contribution in [0.2, 0.25) is 0 Å². The summed E-state index contributed by atoms with van der Waals surface area (Å²) in [6, 6.07) is 6.30. The third kappa shape index (κ3) is 3.93. The van der Waals surface area contributed by atoms with Gasteiger partial charge in [0.05, 0.1) is 20.9 Å². The van der Waals surface area contributed by atoms with E-state index >= 15 is 0 Å². The summed E-state index contributed by atoms with van der Waals surface area (Å²) in [4.78, 5) is 0.919. The largest absolute Gasteiger partial charge is 0.327 e. The molecule has 21 heavy (non-hydrogen) atoms. The second-order valence-electron chi connectivity index (χ2n) is 5.83. The van der Waals surface area contributed by atoms with Crippen LogP contribution in [-0.2, 0) is 20.6 Å². The van der Waals surface area contributed by atoms with E-state index < -0.39 is 20.6 Å². The third-order valence-electron chi connectivity index (χ3n) is 4.29. The summed E-state index contributed by atoms with van der Waals surface area (Å²) in [6.45, 7) is 2.16. The van der Waals surface area contributed by atoms with Crippen molar-refractivity contribution in [1.82, 2.24) is 0 Å². The quantitative estimate of drug-likeness (QED) is 0.918. The van der Waals surface area contributed by atoms with Crippen LogP contribution in [0.1, 0.15) is 32.6 Å². The normalized spacial score (nSPS) is 28.2. The molecule has 1 aliphatic carbocycles. The monoisotopic (exact) mass is 329 g/mol. The molecule has 1 saturated carbocycles. The van der Waals surface area contributed by atoms with Crippen molar-refractivity contribution < 1.29 is 12.6 Å². The van der Waals surface area contributed by atoms with Gasteiger partial charge in [-0.05, 0) is 49.4 Å². The molecule has 6 heteroatoms. The second kappa shape index (κ2) is 6.58. The molecule has 0 amide bonds. The first kappa shape index (κ1) is 16.6. The van der Waals surface area contributed by atoms with Gasteiger partial charge in [0.2, 0.25) is 0 Å². The van der Waals surface area contributed by atoms with Crippen LogP contribution in [0.5, 0.6) is 0 Å². The van der Waals surface area contributed by atoms with Crippen molar-refractivity contribution in [3.63, 3.8) is 0 Å². The Morgan fingerprint density at radius 2 is 1.86 bits per heavy atom. The molecule has 0 saturated heterocycles. The lowest BCUT2D eigenvalue weighted by molar-refractivity contribution is 0.324. The third-order valence-corrected chi connectivity index (χ3v) is 7.25. The maximum atomic E-state index is 12.7. The van der Waals surface area contributed by atoms with Crippen molar-refractivity contribution >= 4 is 20.6 Å². The summed E-state index contributed by atoms with van der Waals surface area (Å²) < 4.78 is 35.6. The lowest BCUT2D eigenvalue weighted by Gasteiger charge is -2.33. The fourth-order valence-electron chi connectivity index (χ4n) is 2.85. The molecule has 0 radical (unpaired) electrons. The lowest BCUT2D eigenvalue weighted by Crippen LogP contribution is -2.42. The highest BCUT2D eigenvalue weighted by molar-refractivity contribution is 7.90. The number of sulfone groups is 1. The van der Waals surface area contributed by atoms with Crippen molar-refractivity contribution in [2.75, 3.05) is 6.26 Å². The van der Waals surface area contributed by atoms with Crippen molar-refractivity contribution in [1.29, 1.82) is 0 Å². The van der Waals surface area contributed by atoms with Gasteiger partial charge in [-0.15, -0.1) is 0 Å². The number of benzene rings is 1. The van der Waals surface area contributed by atoms with Gasteiger partial charge in [-0.2, -0.15) is 0 Å². The first-order valence-electron chi connectivity index (χ1n) is 7.29. The first-order chi connectivity index (χ1) is 9.82. The van der Waals surface area contributed by atoms with Crippen LogP contribution in [0.25, 0.3) is 0 Å². The average Bonchev–Trinajstić information content (AvgIpc) is 2.46. The molecule has 0 heterocycles. The average molecular weight is 329 g/mol. The second-order valence-corrected chi connectivity index (χ2v) is 9.52. The van der Waals surface area contributed by atoms with Gasteiger partial charge in [0.15, 0.2) is 9.84 Å². The molecule has 4 nitrogen and oxygen atoms in total. The molecule has 1 aliphatic rings. The Kier molecular flexibility index (Phi) is 5.22. The molecule has 0 aliphatic heterocycles. The highest BCUT2D eigenvalue weighted by Gasteiger charge is 2.32. The van der Waals surface area contributed by atoms with Gasteiger partial charge in [-0.3, -0.25) is 4.21 Å². The highest BCUT2D eigenvalue weighted by Crippen LogP contribution is 2.31. The van der Waals surface area contributed by atoms with Crippen LogP contribution >= 0.6 is 0 Å². The van der Waals surface area contributed by atoms with Crippen molar-refractivity contribution in [2.24, 2.45) is 11.7 Å². The summed E-state index contributed by atoms with van der Waals surface area (Å²) in [5.41, 5.74) is 6.14. The SMILES string of the molecule is CCC1CCC(N)C(S(=O)c2ccc(S(C)(=O)=O)cc2)C1. The summed E-state index contributed by atoms with van der Waals surface area (Å²) in [7, 11) is -4.39. The Morgan fingerprint density at radius 3 is 2.38 bits per heavy atom. The van der Waals surface area contributed by atoms with Crippen molar-refractivity contribution in [3.05, 3.63) is 24.3 Å². The number of nitrogens with two attached hydrogens (primary N) is 1. The predicted molar refractivity (Wildman–Crippen MR) is 85.4 cm³/mol. The van der Waals surface area contributed by atoms with Crippen LogP contribution in [0.4, 0.5) is 0 Å².